The highest BCUT2D eigenvalue weighted by atomic mass is 16.5. The van der Waals surface area contributed by atoms with Gasteiger partial charge in [0.2, 0.25) is 0 Å². The fraction of sp³-hybridized carbons (Fsp3) is 0.350. The van der Waals surface area contributed by atoms with Gasteiger partial charge in [-0.3, -0.25) is 4.90 Å². The topological polar surface area (TPSA) is 70.0 Å². The maximum absolute atomic E-state index is 10.9. The van der Waals surface area contributed by atoms with E-state index in [2.05, 4.69) is 4.90 Å². The highest BCUT2D eigenvalue weighted by molar-refractivity contribution is 5.87. The minimum atomic E-state index is -0.921. The Balaban J connectivity index is 1.55. The lowest BCUT2D eigenvalue weighted by Crippen LogP contribution is -2.39. The predicted molar refractivity (Wildman–Crippen MR) is 94.9 cm³/mol. The molecule has 0 radical (unpaired) electrons. The van der Waals surface area contributed by atoms with Crippen LogP contribution in [-0.2, 0) is 6.54 Å². The van der Waals surface area contributed by atoms with Crippen LogP contribution in [0, 0.1) is 6.92 Å². The van der Waals surface area contributed by atoms with E-state index in [1.54, 1.807) is 12.1 Å². The molecule has 5 heteroatoms. The summed E-state index contributed by atoms with van der Waals surface area (Å²) in [5, 5.41) is 19.7. The van der Waals surface area contributed by atoms with Gasteiger partial charge in [0, 0.05) is 19.6 Å². The van der Waals surface area contributed by atoms with Gasteiger partial charge >= 0.3 is 5.97 Å². The molecule has 1 aliphatic rings. The van der Waals surface area contributed by atoms with E-state index in [0.29, 0.717) is 19.5 Å². The minimum absolute atomic E-state index is 0.270. The lowest BCUT2D eigenvalue weighted by atomic mass is 10.1. The summed E-state index contributed by atoms with van der Waals surface area (Å²) in [6, 6.07) is 14.7. The number of benzene rings is 2. The number of nitrogens with zero attached hydrogens (tertiary/aromatic N) is 1. The van der Waals surface area contributed by atoms with E-state index in [4.69, 9.17) is 9.84 Å². The Morgan fingerprint density at radius 1 is 1.20 bits per heavy atom. The van der Waals surface area contributed by atoms with Crippen molar-refractivity contribution in [2.24, 2.45) is 0 Å². The van der Waals surface area contributed by atoms with Gasteiger partial charge < -0.3 is 14.9 Å². The molecule has 1 heterocycles. The average Bonchev–Trinajstić information content (AvgIpc) is 2.96. The Kier molecular flexibility index (Phi) is 5.06. The Hall–Kier alpha value is -2.37. The van der Waals surface area contributed by atoms with Gasteiger partial charge in [-0.05, 0) is 42.7 Å². The second-order valence-electron chi connectivity index (χ2n) is 6.74. The normalized spacial score (nSPS) is 20.6. The van der Waals surface area contributed by atoms with Crippen LogP contribution in [0.25, 0.3) is 0 Å². The molecule has 1 aliphatic heterocycles. The molecule has 5 nitrogen and oxygen atoms in total. The number of ether oxygens (including phenoxy) is 1. The maximum Gasteiger partial charge on any atom is 0.335 e. The second kappa shape index (κ2) is 7.25. The summed E-state index contributed by atoms with van der Waals surface area (Å²) < 4.78 is 5.82. The number of aryl methyl sites for hydroxylation is 1. The molecule has 132 valence electrons. The molecule has 0 amide bonds. The number of carboxylic acid groups (broad SMARTS) is 1. The van der Waals surface area contributed by atoms with Crippen molar-refractivity contribution in [2.75, 3.05) is 19.7 Å². The molecule has 3 rings (SSSR count). The van der Waals surface area contributed by atoms with Gasteiger partial charge in [0.05, 0.1) is 5.56 Å². The minimum Gasteiger partial charge on any atom is -0.490 e. The molecule has 1 unspecified atom stereocenters. The number of hydrogen-bond acceptors (Lipinski definition) is 4. The van der Waals surface area contributed by atoms with Crippen molar-refractivity contribution in [1.82, 2.24) is 4.90 Å². The molecule has 0 spiro atoms. The Labute approximate surface area is 147 Å². The second-order valence-corrected chi connectivity index (χ2v) is 6.74. The van der Waals surface area contributed by atoms with E-state index in [1.165, 1.54) is 0 Å². The number of rotatable bonds is 6. The first-order valence-electron chi connectivity index (χ1n) is 8.41. The van der Waals surface area contributed by atoms with Gasteiger partial charge in [0.15, 0.2) is 0 Å². The number of carbonyl (C=O) groups is 1. The van der Waals surface area contributed by atoms with Crippen molar-refractivity contribution >= 4 is 5.97 Å². The molecule has 1 saturated heterocycles. The van der Waals surface area contributed by atoms with Crippen LogP contribution < -0.4 is 4.74 Å². The third kappa shape index (κ3) is 4.38. The molecular formula is C20H23NO4. The number of aromatic carboxylic acids is 1. The average molecular weight is 341 g/mol. The van der Waals surface area contributed by atoms with E-state index in [0.717, 1.165) is 23.4 Å². The first-order chi connectivity index (χ1) is 12.0. The lowest BCUT2D eigenvalue weighted by Gasteiger charge is -2.24. The van der Waals surface area contributed by atoms with Gasteiger partial charge in [-0.15, -0.1) is 0 Å². The molecule has 2 aromatic carbocycles. The number of para-hydroxylation sites is 1. The number of carboxylic acids is 1. The van der Waals surface area contributed by atoms with Gasteiger partial charge in [0.25, 0.3) is 0 Å². The summed E-state index contributed by atoms with van der Waals surface area (Å²) >= 11 is 0. The zero-order valence-corrected chi connectivity index (χ0v) is 14.3. The lowest BCUT2D eigenvalue weighted by molar-refractivity contribution is 0.00320. The summed E-state index contributed by atoms with van der Waals surface area (Å²) in [6.45, 7) is 4.27. The monoisotopic (exact) mass is 341 g/mol. The van der Waals surface area contributed by atoms with Crippen molar-refractivity contribution in [3.05, 3.63) is 65.2 Å². The van der Waals surface area contributed by atoms with Crippen LogP contribution in [0.2, 0.25) is 0 Å². The molecule has 25 heavy (non-hydrogen) atoms. The standard InChI is InChI=1S/C20H23NO4/c1-15-4-2-3-5-18(15)25-14-20(24)10-11-21(13-20)12-16-6-8-17(9-7-16)19(22)23/h2-9,24H,10-14H2,1H3,(H,22,23). The Bertz CT molecular complexity index is 744. The molecule has 0 aromatic heterocycles. The van der Waals surface area contributed by atoms with Crippen LogP contribution in [-0.4, -0.2) is 46.4 Å². The zero-order valence-electron chi connectivity index (χ0n) is 14.3. The van der Waals surface area contributed by atoms with E-state index in [9.17, 15) is 9.90 Å². The summed E-state index contributed by atoms with van der Waals surface area (Å²) in [6.07, 6.45) is 0.659. The van der Waals surface area contributed by atoms with Gasteiger partial charge in [0.1, 0.15) is 18.0 Å². The summed E-state index contributed by atoms with van der Waals surface area (Å²) in [5.41, 5.74) is 1.52. The number of hydrogen-bond donors (Lipinski definition) is 2. The SMILES string of the molecule is Cc1ccccc1OCC1(O)CCN(Cc2ccc(C(=O)O)cc2)C1. The highest BCUT2D eigenvalue weighted by Gasteiger charge is 2.36. The summed E-state index contributed by atoms with van der Waals surface area (Å²) in [4.78, 5) is 13.1. The largest absolute Gasteiger partial charge is 0.490 e. The van der Waals surface area contributed by atoms with Crippen molar-refractivity contribution in [1.29, 1.82) is 0 Å². The summed E-state index contributed by atoms with van der Waals surface area (Å²) in [7, 11) is 0. The molecule has 0 saturated carbocycles. The van der Waals surface area contributed by atoms with Crippen LogP contribution in [0.3, 0.4) is 0 Å². The fourth-order valence-corrected chi connectivity index (χ4v) is 3.13. The molecule has 1 atom stereocenters. The van der Waals surface area contributed by atoms with Gasteiger partial charge in [-0.1, -0.05) is 30.3 Å². The van der Waals surface area contributed by atoms with Crippen molar-refractivity contribution in [2.45, 2.75) is 25.5 Å². The number of β-amino-alcohol motifs (C(OH)–C–C–N with tert-alkyl or cyclic N) is 1. The smallest absolute Gasteiger partial charge is 0.335 e. The third-order valence-electron chi connectivity index (χ3n) is 4.61. The van der Waals surface area contributed by atoms with E-state index in [-0.39, 0.29) is 12.2 Å². The van der Waals surface area contributed by atoms with Crippen LogP contribution in [0.1, 0.15) is 27.9 Å². The Morgan fingerprint density at radius 2 is 1.92 bits per heavy atom. The fourth-order valence-electron chi connectivity index (χ4n) is 3.13. The molecule has 1 fully saturated rings. The Morgan fingerprint density at radius 3 is 2.60 bits per heavy atom. The van der Waals surface area contributed by atoms with Gasteiger partial charge in [-0.2, -0.15) is 0 Å². The number of likely N-dealkylation sites (tertiary alicyclic amines) is 1. The molecule has 2 aromatic rings. The van der Waals surface area contributed by atoms with Crippen molar-refractivity contribution in [3.8, 4) is 5.75 Å². The van der Waals surface area contributed by atoms with Crippen LogP contribution >= 0.6 is 0 Å². The number of aliphatic hydroxyl groups is 1. The molecule has 2 N–H and O–H groups in total. The van der Waals surface area contributed by atoms with Crippen LogP contribution in [0.5, 0.6) is 5.75 Å². The molecule has 0 aliphatic carbocycles. The quantitative estimate of drug-likeness (QED) is 0.845. The van der Waals surface area contributed by atoms with E-state index in [1.807, 2.05) is 43.3 Å². The zero-order chi connectivity index (χ0) is 17.9. The third-order valence-corrected chi connectivity index (χ3v) is 4.61. The molecular weight excluding hydrogens is 318 g/mol. The van der Waals surface area contributed by atoms with E-state index >= 15 is 0 Å². The van der Waals surface area contributed by atoms with Crippen LogP contribution in [0.15, 0.2) is 48.5 Å². The maximum atomic E-state index is 10.9. The van der Waals surface area contributed by atoms with Gasteiger partial charge in [-0.25, -0.2) is 4.79 Å². The molecule has 0 bridgehead atoms. The van der Waals surface area contributed by atoms with Crippen molar-refractivity contribution in [3.63, 3.8) is 0 Å². The van der Waals surface area contributed by atoms with E-state index < -0.39 is 11.6 Å². The summed E-state index contributed by atoms with van der Waals surface area (Å²) in [5.74, 6) is -0.117. The van der Waals surface area contributed by atoms with Crippen LogP contribution in [0.4, 0.5) is 0 Å². The predicted octanol–water partition coefficient (Wildman–Crippen LogP) is 2.71. The highest BCUT2D eigenvalue weighted by Crippen LogP contribution is 2.25. The first kappa shape index (κ1) is 17.5. The first-order valence-corrected chi connectivity index (χ1v) is 8.41. The van der Waals surface area contributed by atoms with Crippen molar-refractivity contribution < 1.29 is 19.7 Å².